The topological polar surface area (TPSA) is 75.9 Å². The Balaban J connectivity index is 2.07. The van der Waals surface area contributed by atoms with Crippen molar-refractivity contribution in [1.82, 2.24) is 14.3 Å². The molecular weight excluding hydrogens is 384 g/mol. The second-order valence-corrected chi connectivity index (χ2v) is 7.28. The lowest BCUT2D eigenvalue weighted by Crippen LogP contribution is -2.31. The van der Waals surface area contributed by atoms with Crippen LogP contribution in [0, 0.1) is 0 Å². The highest BCUT2D eigenvalue weighted by Gasteiger charge is 2.32. The first-order valence-corrected chi connectivity index (χ1v) is 9.39. The van der Waals surface area contributed by atoms with Crippen LogP contribution in [0.1, 0.15) is 5.56 Å². The zero-order valence-electron chi connectivity index (χ0n) is 14.7. The average Bonchev–Trinajstić information content (AvgIpc) is 2.94. The predicted octanol–water partition coefficient (Wildman–Crippen LogP) is 2.14. The largest absolute Gasteiger partial charge is 0.383 e. The second kappa shape index (κ2) is 8.47. The zero-order chi connectivity index (χ0) is 19.4. The molecule has 1 fully saturated rings. The third kappa shape index (κ3) is 3.95. The Labute approximate surface area is 165 Å². The van der Waals surface area contributed by atoms with Crippen molar-refractivity contribution in [1.29, 1.82) is 0 Å². The zero-order valence-corrected chi connectivity index (χ0v) is 16.3. The molecule has 0 aromatic carbocycles. The number of anilines is 1. The molecule has 140 valence electrons. The molecule has 3 heterocycles. The predicted molar refractivity (Wildman–Crippen MR) is 112 cm³/mol. The smallest absolute Gasteiger partial charge is 0.267 e. The van der Waals surface area contributed by atoms with Gasteiger partial charge in [0.25, 0.3) is 11.5 Å². The van der Waals surface area contributed by atoms with E-state index in [9.17, 15) is 9.59 Å². The summed E-state index contributed by atoms with van der Waals surface area (Å²) in [6.45, 7) is 4.86. The first kappa shape index (κ1) is 19.3. The highest BCUT2D eigenvalue weighted by atomic mass is 32.2. The summed E-state index contributed by atoms with van der Waals surface area (Å²) in [5, 5.41) is 3.07. The Bertz CT molecular complexity index is 1000. The molecule has 9 heteroatoms. The molecule has 1 N–H and O–H groups in total. The van der Waals surface area contributed by atoms with Crippen molar-refractivity contribution < 1.29 is 9.53 Å². The van der Waals surface area contributed by atoms with E-state index >= 15 is 0 Å². The summed E-state index contributed by atoms with van der Waals surface area (Å²) in [5.74, 6) is 0.155. The van der Waals surface area contributed by atoms with E-state index in [1.807, 2.05) is 0 Å². The number of amides is 1. The van der Waals surface area contributed by atoms with Crippen LogP contribution in [0.3, 0.4) is 0 Å². The van der Waals surface area contributed by atoms with Crippen molar-refractivity contribution >= 4 is 51.7 Å². The van der Waals surface area contributed by atoms with Crippen molar-refractivity contribution in [2.75, 3.05) is 32.1 Å². The lowest BCUT2D eigenvalue weighted by molar-refractivity contribution is -0.122. The Hall–Kier alpha value is -2.49. The lowest BCUT2D eigenvalue weighted by Gasteiger charge is -2.13. The Kier molecular flexibility index (Phi) is 6.04. The summed E-state index contributed by atoms with van der Waals surface area (Å²) in [7, 11) is 1.56. The van der Waals surface area contributed by atoms with Gasteiger partial charge in [-0.15, -0.1) is 6.58 Å². The number of nitrogens with zero attached hydrogens (tertiary/aromatic N) is 3. The molecule has 0 atom stereocenters. The SMILES string of the molecule is C=CCNc1nc2ccccn2c(=O)c1/C=C1\SC(=S)N(CCOC)C1=O. The van der Waals surface area contributed by atoms with Crippen LogP contribution in [0.2, 0.25) is 0 Å². The van der Waals surface area contributed by atoms with E-state index < -0.39 is 0 Å². The van der Waals surface area contributed by atoms with Crippen LogP contribution in [0.25, 0.3) is 11.7 Å². The van der Waals surface area contributed by atoms with Gasteiger partial charge >= 0.3 is 0 Å². The number of fused-ring (bicyclic) bond motifs is 1. The Morgan fingerprint density at radius 3 is 2.96 bits per heavy atom. The maximum atomic E-state index is 13.0. The quantitative estimate of drug-likeness (QED) is 0.432. The Morgan fingerprint density at radius 1 is 1.41 bits per heavy atom. The van der Waals surface area contributed by atoms with Crippen molar-refractivity contribution in [3.05, 3.63) is 57.9 Å². The van der Waals surface area contributed by atoms with Gasteiger partial charge in [-0.1, -0.05) is 36.1 Å². The van der Waals surface area contributed by atoms with Gasteiger partial charge in [-0.2, -0.15) is 0 Å². The summed E-state index contributed by atoms with van der Waals surface area (Å²) in [6, 6.07) is 5.30. The highest BCUT2D eigenvalue weighted by molar-refractivity contribution is 8.26. The van der Waals surface area contributed by atoms with Gasteiger partial charge in [0.1, 0.15) is 15.8 Å². The van der Waals surface area contributed by atoms with Gasteiger partial charge < -0.3 is 10.1 Å². The number of methoxy groups -OCH3 is 1. The van der Waals surface area contributed by atoms with Crippen LogP contribution in [-0.2, 0) is 9.53 Å². The minimum atomic E-state index is -0.269. The maximum Gasteiger partial charge on any atom is 0.267 e. The molecule has 0 unspecified atom stereocenters. The monoisotopic (exact) mass is 402 g/mol. The number of nitrogens with one attached hydrogen (secondary N) is 1. The summed E-state index contributed by atoms with van der Waals surface area (Å²) in [5.41, 5.74) is 0.543. The first-order chi connectivity index (χ1) is 13.1. The fourth-order valence-corrected chi connectivity index (χ4v) is 3.83. The van der Waals surface area contributed by atoms with Crippen LogP contribution in [0.4, 0.5) is 5.82 Å². The van der Waals surface area contributed by atoms with Gasteiger partial charge in [-0.3, -0.25) is 18.9 Å². The molecule has 0 saturated carbocycles. The molecule has 2 aromatic rings. The van der Waals surface area contributed by atoms with Crippen LogP contribution >= 0.6 is 24.0 Å². The average molecular weight is 403 g/mol. The van der Waals surface area contributed by atoms with Crippen molar-refractivity contribution in [2.24, 2.45) is 0 Å². The maximum absolute atomic E-state index is 13.0. The number of carbonyl (C=O) groups excluding carboxylic acids is 1. The third-order valence-corrected chi connectivity index (χ3v) is 5.23. The van der Waals surface area contributed by atoms with Crippen molar-refractivity contribution in [3.63, 3.8) is 0 Å². The van der Waals surface area contributed by atoms with E-state index in [0.29, 0.717) is 46.0 Å². The van der Waals surface area contributed by atoms with E-state index in [2.05, 4.69) is 16.9 Å². The first-order valence-electron chi connectivity index (χ1n) is 8.17. The molecule has 1 amide bonds. The van der Waals surface area contributed by atoms with Gasteiger partial charge in [-0.05, 0) is 18.2 Å². The number of carbonyl (C=O) groups is 1. The fraction of sp³-hybridized carbons (Fsp3) is 0.222. The molecule has 0 radical (unpaired) electrons. The standard InChI is InChI=1S/C18H18N4O3S2/c1-3-7-19-15-12(16(23)21-8-5-4-6-14(21)20-15)11-13-17(24)22(9-10-25-2)18(26)27-13/h3-6,8,11,19H,1,7,9-10H2,2H3/b13-11-. The number of thiocarbonyl (C=S) groups is 1. The highest BCUT2D eigenvalue weighted by Crippen LogP contribution is 2.32. The van der Waals surface area contributed by atoms with E-state index in [0.717, 1.165) is 11.8 Å². The molecule has 7 nitrogen and oxygen atoms in total. The minimum absolute atomic E-state index is 0.241. The lowest BCUT2D eigenvalue weighted by atomic mass is 10.2. The second-order valence-electron chi connectivity index (χ2n) is 5.60. The van der Waals surface area contributed by atoms with Gasteiger partial charge in [0.05, 0.1) is 23.6 Å². The van der Waals surface area contributed by atoms with Crippen LogP contribution < -0.4 is 10.9 Å². The van der Waals surface area contributed by atoms with Crippen LogP contribution in [0.15, 0.2) is 46.8 Å². The summed E-state index contributed by atoms with van der Waals surface area (Å²) < 4.78 is 6.90. The van der Waals surface area contributed by atoms with Gasteiger partial charge in [-0.25, -0.2) is 4.98 Å². The number of thioether (sulfide) groups is 1. The van der Waals surface area contributed by atoms with Crippen LogP contribution in [0.5, 0.6) is 0 Å². The molecule has 0 spiro atoms. The van der Waals surface area contributed by atoms with Crippen molar-refractivity contribution in [3.8, 4) is 0 Å². The molecule has 0 aliphatic carbocycles. The van der Waals surface area contributed by atoms with Crippen molar-refractivity contribution in [2.45, 2.75) is 0 Å². The normalized spacial score (nSPS) is 15.7. The molecule has 2 aromatic heterocycles. The van der Waals surface area contributed by atoms with E-state index in [1.54, 1.807) is 43.7 Å². The van der Waals surface area contributed by atoms with Gasteiger partial charge in [0.15, 0.2) is 0 Å². The molecule has 27 heavy (non-hydrogen) atoms. The van der Waals surface area contributed by atoms with E-state index in [4.69, 9.17) is 17.0 Å². The minimum Gasteiger partial charge on any atom is -0.383 e. The molecule has 1 saturated heterocycles. The number of aromatic nitrogens is 2. The third-order valence-electron chi connectivity index (χ3n) is 3.85. The fourth-order valence-electron chi connectivity index (χ4n) is 2.54. The summed E-state index contributed by atoms with van der Waals surface area (Å²) in [6.07, 6.45) is 4.86. The summed E-state index contributed by atoms with van der Waals surface area (Å²) >= 11 is 6.44. The van der Waals surface area contributed by atoms with Gasteiger partial charge in [0, 0.05) is 19.9 Å². The number of ether oxygens (including phenoxy) is 1. The van der Waals surface area contributed by atoms with Gasteiger partial charge in [0.2, 0.25) is 0 Å². The number of hydrogen-bond acceptors (Lipinski definition) is 7. The molecule has 3 rings (SSSR count). The molecular formula is C18H18N4O3S2. The van der Waals surface area contributed by atoms with Crippen LogP contribution in [-0.4, -0.2) is 51.3 Å². The molecule has 1 aliphatic heterocycles. The van der Waals surface area contributed by atoms with E-state index in [-0.39, 0.29) is 11.5 Å². The number of rotatable bonds is 7. The molecule has 0 bridgehead atoms. The summed E-state index contributed by atoms with van der Waals surface area (Å²) in [4.78, 5) is 32.0. The Morgan fingerprint density at radius 2 is 2.22 bits per heavy atom. The number of hydrogen-bond donors (Lipinski definition) is 1. The van der Waals surface area contributed by atoms with E-state index in [1.165, 1.54) is 9.30 Å². The molecule has 1 aliphatic rings. The number of pyridine rings is 1.